The average molecular weight is 217 g/mol. The van der Waals surface area contributed by atoms with E-state index in [1.54, 1.807) is 12.5 Å². The van der Waals surface area contributed by atoms with Crippen LogP contribution in [0.3, 0.4) is 0 Å². The lowest BCUT2D eigenvalue weighted by atomic mass is 10.2. The number of aliphatic hydroxyl groups excluding tert-OH is 1. The Bertz CT molecular complexity index is 479. The van der Waals surface area contributed by atoms with Gasteiger partial charge in [-0.15, -0.1) is 0 Å². The Morgan fingerprint density at radius 1 is 1.50 bits per heavy atom. The van der Waals surface area contributed by atoms with Gasteiger partial charge in [0.25, 0.3) is 0 Å². The molecule has 0 bridgehead atoms. The summed E-state index contributed by atoms with van der Waals surface area (Å²) in [5.74, 6) is 0. The van der Waals surface area contributed by atoms with E-state index < -0.39 is 6.04 Å². The maximum Gasteiger partial charge on any atom is 0.0994 e. The van der Waals surface area contributed by atoms with Gasteiger partial charge in [-0.25, -0.2) is 4.98 Å². The van der Waals surface area contributed by atoms with Gasteiger partial charge in [0.1, 0.15) is 0 Å². The van der Waals surface area contributed by atoms with Crippen molar-refractivity contribution in [2.45, 2.75) is 13.0 Å². The van der Waals surface area contributed by atoms with Gasteiger partial charge in [-0.05, 0) is 24.6 Å². The van der Waals surface area contributed by atoms with Crippen molar-refractivity contribution in [1.82, 2.24) is 9.55 Å². The highest BCUT2D eigenvalue weighted by molar-refractivity contribution is 5.37. The molecular weight excluding hydrogens is 202 g/mol. The first-order valence-corrected chi connectivity index (χ1v) is 5.18. The van der Waals surface area contributed by atoms with Crippen LogP contribution in [0.4, 0.5) is 0 Å². The highest BCUT2D eigenvalue weighted by Gasteiger charge is 2.11. The quantitative estimate of drug-likeness (QED) is 0.811. The lowest BCUT2D eigenvalue weighted by Crippen LogP contribution is -2.18. The molecule has 0 spiro atoms. The fourth-order valence-corrected chi connectivity index (χ4v) is 1.67. The van der Waals surface area contributed by atoms with Gasteiger partial charge in [0.05, 0.1) is 30.9 Å². The topological polar surface area (TPSA) is 64.1 Å². The van der Waals surface area contributed by atoms with Crippen LogP contribution >= 0.6 is 0 Å². The number of hydrogen-bond acceptors (Lipinski definition) is 3. The first-order valence-electron chi connectivity index (χ1n) is 5.18. The predicted octanol–water partition coefficient (Wildman–Crippen LogP) is 1.17. The molecule has 3 N–H and O–H groups in total. The molecule has 1 atom stereocenters. The lowest BCUT2D eigenvalue weighted by molar-refractivity contribution is 0.265. The van der Waals surface area contributed by atoms with Gasteiger partial charge in [-0.3, -0.25) is 0 Å². The van der Waals surface area contributed by atoms with E-state index in [0.29, 0.717) is 0 Å². The number of aromatic nitrogens is 2. The Labute approximate surface area is 94.4 Å². The Kier molecular flexibility index (Phi) is 3.03. The molecule has 1 aromatic carbocycles. The number of rotatable bonds is 3. The van der Waals surface area contributed by atoms with Crippen molar-refractivity contribution in [3.8, 4) is 5.69 Å². The van der Waals surface area contributed by atoms with E-state index in [9.17, 15) is 0 Å². The summed E-state index contributed by atoms with van der Waals surface area (Å²) in [4.78, 5) is 4.07. The van der Waals surface area contributed by atoms with Gasteiger partial charge in [-0.2, -0.15) is 0 Å². The summed E-state index contributed by atoms with van der Waals surface area (Å²) in [5.41, 5.74) is 8.80. The molecule has 84 valence electrons. The first-order chi connectivity index (χ1) is 7.72. The monoisotopic (exact) mass is 217 g/mol. The van der Waals surface area contributed by atoms with Crippen molar-refractivity contribution in [2.75, 3.05) is 6.61 Å². The number of aryl methyl sites for hydroxylation is 1. The van der Waals surface area contributed by atoms with E-state index in [-0.39, 0.29) is 6.61 Å². The van der Waals surface area contributed by atoms with Crippen molar-refractivity contribution in [3.63, 3.8) is 0 Å². The highest BCUT2D eigenvalue weighted by Crippen LogP contribution is 2.16. The van der Waals surface area contributed by atoms with E-state index in [4.69, 9.17) is 10.8 Å². The maximum atomic E-state index is 9.07. The van der Waals surface area contributed by atoms with Gasteiger partial charge in [0.15, 0.2) is 0 Å². The molecule has 0 aliphatic rings. The molecule has 2 rings (SSSR count). The van der Waals surface area contributed by atoms with Gasteiger partial charge in [0.2, 0.25) is 0 Å². The Morgan fingerprint density at radius 3 is 3.00 bits per heavy atom. The Hall–Kier alpha value is -1.65. The van der Waals surface area contributed by atoms with Gasteiger partial charge < -0.3 is 15.4 Å². The van der Waals surface area contributed by atoms with Crippen LogP contribution in [-0.4, -0.2) is 21.3 Å². The lowest BCUT2D eigenvalue weighted by Gasteiger charge is -2.12. The summed E-state index contributed by atoms with van der Waals surface area (Å²) < 4.78 is 1.90. The smallest absolute Gasteiger partial charge is 0.0994 e. The second-order valence-electron chi connectivity index (χ2n) is 3.82. The Morgan fingerprint density at radius 2 is 2.31 bits per heavy atom. The number of aliphatic hydroxyl groups is 1. The molecular formula is C12H15N3O. The minimum atomic E-state index is -0.400. The summed E-state index contributed by atoms with van der Waals surface area (Å²) >= 11 is 0. The SMILES string of the molecule is Cc1cccc(-n2cncc2C(N)CO)c1. The van der Waals surface area contributed by atoms with Crippen LogP contribution in [0.5, 0.6) is 0 Å². The molecule has 0 saturated carbocycles. The normalized spacial score (nSPS) is 12.7. The van der Waals surface area contributed by atoms with E-state index in [0.717, 1.165) is 11.4 Å². The largest absolute Gasteiger partial charge is 0.394 e. The van der Waals surface area contributed by atoms with Crippen molar-refractivity contribution in [2.24, 2.45) is 5.73 Å². The van der Waals surface area contributed by atoms with Crippen molar-refractivity contribution < 1.29 is 5.11 Å². The summed E-state index contributed by atoms with van der Waals surface area (Å²) in [6, 6.07) is 7.66. The number of imidazole rings is 1. The fraction of sp³-hybridized carbons (Fsp3) is 0.250. The summed E-state index contributed by atoms with van der Waals surface area (Å²) in [6.07, 6.45) is 3.39. The van der Waals surface area contributed by atoms with Crippen LogP contribution < -0.4 is 5.73 Å². The molecule has 0 aliphatic carbocycles. The molecule has 4 heteroatoms. The van der Waals surface area contributed by atoms with E-state index >= 15 is 0 Å². The number of nitrogens with zero attached hydrogens (tertiary/aromatic N) is 2. The van der Waals surface area contributed by atoms with Crippen LogP contribution in [0.1, 0.15) is 17.3 Å². The van der Waals surface area contributed by atoms with Crippen molar-refractivity contribution in [1.29, 1.82) is 0 Å². The molecule has 16 heavy (non-hydrogen) atoms. The third-order valence-corrected chi connectivity index (χ3v) is 2.52. The molecule has 0 radical (unpaired) electrons. The number of benzene rings is 1. The highest BCUT2D eigenvalue weighted by atomic mass is 16.3. The van der Waals surface area contributed by atoms with Crippen molar-refractivity contribution >= 4 is 0 Å². The molecule has 4 nitrogen and oxygen atoms in total. The average Bonchev–Trinajstić information content (AvgIpc) is 2.77. The third kappa shape index (κ3) is 1.98. The Balaban J connectivity index is 2.44. The predicted molar refractivity (Wildman–Crippen MR) is 62.3 cm³/mol. The third-order valence-electron chi connectivity index (χ3n) is 2.52. The molecule has 0 saturated heterocycles. The van der Waals surface area contributed by atoms with Gasteiger partial charge >= 0.3 is 0 Å². The van der Waals surface area contributed by atoms with Gasteiger partial charge in [0, 0.05) is 5.69 Å². The fourth-order valence-electron chi connectivity index (χ4n) is 1.67. The number of hydrogen-bond donors (Lipinski definition) is 2. The molecule has 2 aromatic rings. The molecule has 1 unspecified atom stereocenters. The van der Waals surface area contributed by atoms with E-state index in [1.165, 1.54) is 5.56 Å². The maximum absolute atomic E-state index is 9.07. The first kappa shape index (κ1) is 10.9. The van der Waals surface area contributed by atoms with Crippen LogP contribution in [0.25, 0.3) is 5.69 Å². The van der Waals surface area contributed by atoms with Crippen LogP contribution in [0.2, 0.25) is 0 Å². The second kappa shape index (κ2) is 4.47. The van der Waals surface area contributed by atoms with E-state index in [1.807, 2.05) is 29.7 Å². The summed E-state index contributed by atoms with van der Waals surface area (Å²) in [7, 11) is 0. The van der Waals surface area contributed by atoms with Gasteiger partial charge in [-0.1, -0.05) is 12.1 Å². The molecule has 1 heterocycles. The standard InChI is InChI=1S/C12H15N3O/c1-9-3-2-4-10(5-9)15-8-14-6-12(15)11(13)7-16/h2-6,8,11,16H,7,13H2,1H3. The zero-order valence-electron chi connectivity index (χ0n) is 9.17. The van der Waals surface area contributed by atoms with Crippen LogP contribution in [0, 0.1) is 6.92 Å². The second-order valence-corrected chi connectivity index (χ2v) is 3.82. The zero-order valence-corrected chi connectivity index (χ0v) is 9.17. The summed E-state index contributed by atoms with van der Waals surface area (Å²) in [5, 5.41) is 9.07. The minimum absolute atomic E-state index is 0.0858. The number of nitrogens with two attached hydrogens (primary N) is 1. The van der Waals surface area contributed by atoms with Crippen LogP contribution in [-0.2, 0) is 0 Å². The minimum Gasteiger partial charge on any atom is -0.394 e. The zero-order chi connectivity index (χ0) is 11.5. The molecule has 0 amide bonds. The molecule has 0 aliphatic heterocycles. The molecule has 0 fully saturated rings. The molecule has 1 aromatic heterocycles. The van der Waals surface area contributed by atoms with Crippen molar-refractivity contribution in [3.05, 3.63) is 48.0 Å². The van der Waals surface area contributed by atoms with E-state index in [2.05, 4.69) is 11.1 Å². The van der Waals surface area contributed by atoms with Crippen LogP contribution in [0.15, 0.2) is 36.8 Å². The summed E-state index contributed by atoms with van der Waals surface area (Å²) in [6.45, 7) is 1.95.